The van der Waals surface area contributed by atoms with Gasteiger partial charge >= 0.3 is 0 Å². The zero-order valence-corrected chi connectivity index (χ0v) is 14.8. The van der Waals surface area contributed by atoms with E-state index in [1.807, 2.05) is 50.2 Å². The SMILES string of the molecule is CCCc1cc(=O)[nH]c2cc(NC(=O)c3cc(C)cc(C)c3)ccc12. The van der Waals surface area contributed by atoms with E-state index in [-0.39, 0.29) is 11.5 Å². The van der Waals surface area contributed by atoms with Gasteiger partial charge in [0.05, 0.1) is 5.52 Å². The normalized spacial score (nSPS) is 10.8. The number of benzene rings is 2. The molecule has 0 bridgehead atoms. The number of fused-ring (bicyclic) bond motifs is 1. The number of aromatic nitrogens is 1. The van der Waals surface area contributed by atoms with Gasteiger partial charge in [0.15, 0.2) is 0 Å². The highest BCUT2D eigenvalue weighted by molar-refractivity contribution is 6.05. The minimum absolute atomic E-state index is 0.117. The molecule has 0 unspecified atom stereocenters. The zero-order valence-electron chi connectivity index (χ0n) is 14.8. The number of nitrogens with one attached hydrogen (secondary N) is 2. The summed E-state index contributed by atoms with van der Waals surface area (Å²) in [6.45, 7) is 6.03. The number of hydrogen-bond acceptors (Lipinski definition) is 2. The number of amides is 1. The number of pyridine rings is 1. The zero-order chi connectivity index (χ0) is 18.0. The number of anilines is 1. The number of rotatable bonds is 4. The summed E-state index contributed by atoms with van der Waals surface area (Å²) in [5, 5.41) is 3.93. The lowest BCUT2D eigenvalue weighted by Crippen LogP contribution is -2.13. The lowest BCUT2D eigenvalue weighted by molar-refractivity contribution is 0.102. The van der Waals surface area contributed by atoms with E-state index >= 15 is 0 Å². The number of hydrogen-bond donors (Lipinski definition) is 2. The van der Waals surface area contributed by atoms with Gasteiger partial charge in [-0.25, -0.2) is 0 Å². The molecule has 0 aliphatic carbocycles. The van der Waals surface area contributed by atoms with Gasteiger partial charge in [-0.3, -0.25) is 9.59 Å². The van der Waals surface area contributed by atoms with Crippen LogP contribution >= 0.6 is 0 Å². The van der Waals surface area contributed by atoms with Crippen molar-refractivity contribution in [3.63, 3.8) is 0 Å². The van der Waals surface area contributed by atoms with Crippen LogP contribution in [0.25, 0.3) is 10.9 Å². The summed E-state index contributed by atoms with van der Waals surface area (Å²) in [5.74, 6) is -0.154. The molecule has 4 heteroatoms. The van der Waals surface area contributed by atoms with Crippen LogP contribution in [0.2, 0.25) is 0 Å². The van der Waals surface area contributed by atoms with E-state index in [0.29, 0.717) is 11.3 Å². The Morgan fingerprint density at radius 3 is 2.44 bits per heavy atom. The van der Waals surface area contributed by atoms with E-state index in [2.05, 4.69) is 17.2 Å². The first-order valence-corrected chi connectivity index (χ1v) is 8.52. The lowest BCUT2D eigenvalue weighted by Gasteiger charge is -2.10. The van der Waals surface area contributed by atoms with Crippen molar-refractivity contribution < 1.29 is 4.79 Å². The summed E-state index contributed by atoms with van der Waals surface area (Å²) in [6.07, 6.45) is 1.83. The van der Waals surface area contributed by atoms with Crippen molar-refractivity contribution in [2.45, 2.75) is 33.6 Å². The van der Waals surface area contributed by atoms with Crippen molar-refractivity contribution in [2.75, 3.05) is 5.32 Å². The molecule has 1 heterocycles. The molecule has 3 rings (SSSR count). The van der Waals surface area contributed by atoms with Gasteiger partial charge in [-0.15, -0.1) is 0 Å². The Labute approximate surface area is 146 Å². The molecular weight excluding hydrogens is 312 g/mol. The number of aryl methyl sites for hydroxylation is 3. The van der Waals surface area contributed by atoms with Crippen molar-refractivity contribution in [3.05, 3.63) is 75.1 Å². The molecular formula is C21H22N2O2. The Hall–Kier alpha value is -2.88. The minimum atomic E-state index is -0.154. The van der Waals surface area contributed by atoms with Gasteiger partial charge in [0.25, 0.3) is 5.91 Å². The second kappa shape index (κ2) is 6.93. The van der Waals surface area contributed by atoms with Crippen LogP contribution in [0.1, 0.15) is 40.4 Å². The van der Waals surface area contributed by atoms with Gasteiger partial charge in [0, 0.05) is 22.7 Å². The van der Waals surface area contributed by atoms with E-state index < -0.39 is 0 Å². The molecule has 2 N–H and O–H groups in total. The molecule has 0 saturated heterocycles. The van der Waals surface area contributed by atoms with Gasteiger partial charge in [0.1, 0.15) is 0 Å². The van der Waals surface area contributed by atoms with E-state index in [1.165, 1.54) is 0 Å². The summed E-state index contributed by atoms with van der Waals surface area (Å²) in [4.78, 5) is 27.2. The molecule has 0 atom stereocenters. The topological polar surface area (TPSA) is 62.0 Å². The summed E-state index contributed by atoms with van der Waals surface area (Å²) in [7, 11) is 0. The molecule has 2 aromatic carbocycles. The predicted octanol–water partition coefficient (Wildman–Crippen LogP) is 4.35. The minimum Gasteiger partial charge on any atom is -0.322 e. The molecule has 25 heavy (non-hydrogen) atoms. The second-order valence-electron chi connectivity index (χ2n) is 6.50. The molecule has 0 fully saturated rings. The third-order valence-corrected chi connectivity index (χ3v) is 4.19. The predicted molar refractivity (Wildman–Crippen MR) is 102 cm³/mol. The van der Waals surface area contributed by atoms with Crippen molar-refractivity contribution >= 4 is 22.5 Å². The standard InChI is InChI=1S/C21H22N2O2/c1-4-5-15-11-20(24)23-19-12-17(6-7-18(15)19)22-21(25)16-9-13(2)8-14(3)10-16/h6-12H,4-5H2,1-3H3,(H,22,25)(H,23,24). The smallest absolute Gasteiger partial charge is 0.255 e. The second-order valence-corrected chi connectivity index (χ2v) is 6.50. The highest BCUT2D eigenvalue weighted by Crippen LogP contribution is 2.21. The van der Waals surface area contributed by atoms with Crippen molar-refractivity contribution in [1.82, 2.24) is 4.98 Å². The maximum atomic E-state index is 12.5. The highest BCUT2D eigenvalue weighted by atomic mass is 16.1. The Morgan fingerprint density at radius 1 is 1.04 bits per heavy atom. The molecule has 3 aromatic rings. The number of H-pyrrole nitrogens is 1. The maximum Gasteiger partial charge on any atom is 0.255 e. The van der Waals surface area contributed by atoms with Gasteiger partial charge in [-0.05, 0) is 50.1 Å². The van der Waals surface area contributed by atoms with Gasteiger partial charge in [0.2, 0.25) is 5.56 Å². The summed E-state index contributed by atoms with van der Waals surface area (Å²) in [5.41, 5.74) is 5.07. The molecule has 1 amide bonds. The van der Waals surface area contributed by atoms with Crippen LogP contribution in [-0.2, 0) is 6.42 Å². The van der Waals surface area contributed by atoms with Crippen LogP contribution in [-0.4, -0.2) is 10.9 Å². The summed E-state index contributed by atoms with van der Waals surface area (Å²) >= 11 is 0. The number of aromatic amines is 1. The van der Waals surface area contributed by atoms with Crippen LogP contribution in [0.5, 0.6) is 0 Å². The van der Waals surface area contributed by atoms with Gasteiger partial charge in [-0.1, -0.05) is 36.6 Å². The quantitative estimate of drug-likeness (QED) is 0.745. The monoisotopic (exact) mass is 334 g/mol. The largest absolute Gasteiger partial charge is 0.322 e. The third kappa shape index (κ3) is 3.79. The van der Waals surface area contributed by atoms with E-state index in [1.54, 1.807) is 6.07 Å². The van der Waals surface area contributed by atoms with E-state index in [0.717, 1.165) is 40.4 Å². The highest BCUT2D eigenvalue weighted by Gasteiger charge is 2.09. The Morgan fingerprint density at radius 2 is 1.76 bits per heavy atom. The van der Waals surface area contributed by atoms with Crippen LogP contribution in [0.3, 0.4) is 0 Å². The lowest BCUT2D eigenvalue weighted by atomic mass is 10.0. The summed E-state index contributed by atoms with van der Waals surface area (Å²) < 4.78 is 0. The first-order valence-electron chi connectivity index (χ1n) is 8.52. The molecule has 128 valence electrons. The molecule has 0 radical (unpaired) electrons. The van der Waals surface area contributed by atoms with E-state index in [4.69, 9.17) is 0 Å². The molecule has 0 spiro atoms. The molecule has 0 saturated carbocycles. The maximum absolute atomic E-state index is 12.5. The molecule has 0 aliphatic heterocycles. The first kappa shape index (κ1) is 17.0. The van der Waals surface area contributed by atoms with Gasteiger partial charge in [-0.2, -0.15) is 0 Å². The van der Waals surface area contributed by atoms with Crippen molar-refractivity contribution in [3.8, 4) is 0 Å². The van der Waals surface area contributed by atoms with Crippen molar-refractivity contribution in [2.24, 2.45) is 0 Å². The fraction of sp³-hybridized carbons (Fsp3) is 0.238. The Bertz CT molecular complexity index is 982. The van der Waals surface area contributed by atoms with Crippen LogP contribution in [0.15, 0.2) is 47.3 Å². The van der Waals surface area contributed by atoms with Crippen LogP contribution < -0.4 is 10.9 Å². The van der Waals surface area contributed by atoms with Crippen LogP contribution in [0, 0.1) is 13.8 Å². The van der Waals surface area contributed by atoms with Gasteiger partial charge < -0.3 is 10.3 Å². The summed E-state index contributed by atoms with van der Waals surface area (Å²) in [6, 6.07) is 13.1. The molecule has 0 aliphatic rings. The fourth-order valence-electron chi connectivity index (χ4n) is 3.20. The van der Waals surface area contributed by atoms with E-state index in [9.17, 15) is 9.59 Å². The fourth-order valence-corrected chi connectivity index (χ4v) is 3.20. The Kier molecular flexibility index (Phi) is 4.70. The Balaban J connectivity index is 1.94. The molecule has 4 nitrogen and oxygen atoms in total. The van der Waals surface area contributed by atoms with Crippen molar-refractivity contribution in [1.29, 1.82) is 0 Å². The average Bonchev–Trinajstić information content (AvgIpc) is 2.53. The number of carbonyl (C=O) groups is 1. The third-order valence-electron chi connectivity index (χ3n) is 4.19. The average molecular weight is 334 g/mol. The molecule has 1 aromatic heterocycles. The first-order chi connectivity index (χ1) is 12.0. The van der Waals surface area contributed by atoms with Crippen LogP contribution in [0.4, 0.5) is 5.69 Å². The number of carbonyl (C=O) groups excluding carboxylic acids is 1.